The fourth-order valence-corrected chi connectivity index (χ4v) is 10.8. The topological polar surface area (TPSA) is 254 Å². The number of hydrogen-bond acceptors (Lipinski definition) is 15. The molecular weight excluding hydrogens is 1000 g/mol. The number of aromatic amines is 1. The van der Waals surface area contributed by atoms with E-state index in [1.807, 2.05) is 88.5 Å². The van der Waals surface area contributed by atoms with Crippen LogP contribution in [0.3, 0.4) is 0 Å². The lowest BCUT2D eigenvalue weighted by atomic mass is 9.85. The number of thiazole rings is 1. The van der Waals surface area contributed by atoms with Gasteiger partial charge in [-0.3, -0.25) is 28.9 Å². The monoisotopic (exact) mass is 1070 g/mol. The summed E-state index contributed by atoms with van der Waals surface area (Å²) < 4.78 is 11.2. The second kappa shape index (κ2) is 24.7. The van der Waals surface area contributed by atoms with Crippen LogP contribution in [0.25, 0.3) is 21.5 Å². The first-order valence-corrected chi connectivity index (χ1v) is 26.8. The first kappa shape index (κ1) is 55.2. The lowest BCUT2D eigenvalue weighted by Gasteiger charge is -2.39. The van der Waals surface area contributed by atoms with Crippen molar-refractivity contribution in [3.63, 3.8) is 0 Å². The van der Waals surface area contributed by atoms with E-state index >= 15 is 0 Å². The van der Waals surface area contributed by atoms with E-state index in [-0.39, 0.29) is 63.8 Å². The number of halogens is 1. The molecule has 5 amide bonds. The van der Waals surface area contributed by atoms with E-state index in [2.05, 4.69) is 45.7 Å². The van der Waals surface area contributed by atoms with Gasteiger partial charge in [0.2, 0.25) is 29.5 Å². The number of aromatic nitrogens is 4. The zero-order valence-electron chi connectivity index (χ0n) is 43.1. The van der Waals surface area contributed by atoms with Crippen LogP contribution >= 0.6 is 22.9 Å². The van der Waals surface area contributed by atoms with Crippen molar-refractivity contribution in [1.29, 1.82) is 0 Å². The van der Waals surface area contributed by atoms with Crippen LogP contribution in [0.2, 0.25) is 5.02 Å². The number of β-amino-alcohol motifs (C(OH)–C–C–N with tert-alkyl or cyclic N) is 1. The Hall–Kier alpha value is -6.07. The molecule has 5 aromatic rings. The molecule has 3 fully saturated rings. The van der Waals surface area contributed by atoms with Crippen molar-refractivity contribution < 1.29 is 38.6 Å². The number of piperazine rings is 1. The largest absolute Gasteiger partial charge is 0.391 e. The number of amides is 5. The molecular formula is C53H69ClN12O8S. The van der Waals surface area contributed by atoms with Crippen LogP contribution in [-0.2, 0) is 40.0 Å². The van der Waals surface area contributed by atoms with E-state index < -0.39 is 46.9 Å². The maximum absolute atomic E-state index is 14.0. The zero-order chi connectivity index (χ0) is 53.3. The number of nitrogens with two attached hydrogens (primary N) is 1. The van der Waals surface area contributed by atoms with Gasteiger partial charge < -0.3 is 55.9 Å². The Balaban J connectivity index is 0.728. The molecule has 75 heavy (non-hydrogen) atoms. The molecule has 4 atom stereocenters. The Kier molecular flexibility index (Phi) is 18.2. The number of aliphatic hydroxyl groups is 1. The number of aliphatic hydroxyl groups excluding tert-OH is 1. The third-order valence-corrected chi connectivity index (χ3v) is 15.5. The molecule has 0 radical (unpaired) electrons. The second-order valence-corrected chi connectivity index (χ2v) is 22.0. The van der Waals surface area contributed by atoms with Gasteiger partial charge in [0.15, 0.2) is 0 Å². The van der Waals surface area contributed by atoms with Crippen LogP contribution in [0, 0.1) is 12.3 Å². The molecule has 3 saturated heterocycles. The molecule has 0 aliphatic carbocycles. The minimum absolute atomic E-state index is 0.0340. The van der Waals surface area contributed by atoms with Gasteiger partial charge in [-0.15, -0.1) is 11.3 Å². The van der Waals surface area contributed by atoms with E-state index in [1.54, 1.807) is 21.7 Å². The molecule has 6 heterocycles. The molecule has 8 rings (SSSR count). The third-order valence-electron chi connectivity index (χ3n) is 14.3. The molecule has 2 unspecified atom stereocenters. The van der Waals surface area contributed by atoms with Gasteiger partial charge in [-0.2, -0.15) is 0 Å². The highest BCUT2D eigenvalue weighted by Crippen LogP contribution is 2.31. The molecule has 0 bridgehead atoms. The Morgan fingerprint density at radius 1 is 0.920 bits per heavy atom. The summed E-state index contributed by atoms with van der Waals surface area (Å²) in [7, 11) is 0. The molecule has 3 aromatic heterocycles. The van der Waals surface area contributed by atoms with Crippen molar-refractivity contribution in [1.82, 2.24) is 50.6 Å². The average molecular weight is 1070 g/mol. The predicted molar refractivity (Wildman–Crippen MR) is 286 cm³/mol. The standard InChI is InChI=1S/C53H69ClN12O8S/c1-34-45(75-33-60-34)37-7-5-35(6-8-37)28-57-49(70)42-27-39(67)29-66(42)50(71)46(52(2,3)4)62-43(68)30-73-25-26-74-31-44(69)64-23-21-63(22-24-64)18-14-41(36-9-11-38(54)12-10-36)61-51(72)53(55)15-19-65(20-16-53)48-40-13-17-56-47(40)58-32-59-48/h5-13,17,32-33,39,41-42,46,67H,14-16,18-31,55H2,1-4H3,(H,57,70)(H,61,72)(H,62,68)(H,56,58,59)/t39-,41?,42+,46?/m1/s1. The number of anilines is 1. The summed E-state index contributed by atoms with van der Waals surface area (Å²) in [5, 5.41) is 21.1. The van der Waals surface area contributed by atoms with Crippen molar-refractivity contribution in [3.05, 3.63) is 94.5 Å². The quantitative estimate of drug-likeness (QED) is 0.0610. The van der Waals surface area contributed by atoms with Gasteiger partial charge in [0.1, 0.15) is 43.1 Å². The SMILES string of the molecule is Cc1ncsc1-c1ccc(CNC(=O)[C@@H]2C[C@@H](O)CN2C(=O)C(NC(=O)COCCOCC(=O)N2CCN(CCC(NC(=O)C3(N)CCN(c4ncnc5[nH]ccc45)CC3)c3ccc(Cl)cc3)CC2)C(C)(C)C)cc1. The van der Waals surface area contributed by atoms with Crippen LogP contribution < -0.4 is 26.6 Å². The lowest BCUT2D eigenvalue weighted by molar-refractivity contribution is -0.144. The van der Waals surface area contributed by atoms with Gasteiger partial charge in [0.25, 0.3) is 0 Å². The van der Waals surface area contributed by atoms with Crippen LogP contribution in [0.4, 0.5) is 5.82 Å². The van der Waals surface area contributed by atoms with E-state index in [9.17, 15) is 29.1 Å². The molecule has 2 aromatic carbocycles. The number of nitrogens with one attached hydrogen (secondary N) is 4. The molecule has 402 valence electrons. The van der Waals surface area contributed by atoms with Gasteiger partial charge >= 0.3 is 0 Å². The number of rotatable bonds is 20. The summed E-state index contributed by atoms with van der Waals surface area (Å²) in [4.78, 5) is 92.6. The van der Waals surface area contributed by atoms with E-state index in [1.165, 1.54) is 11.2 Å². The van der Waals surface area contributed by atoms with E-state index in [0.717, 1.165) is 44.1 Å². The fraction of sp³-hybridized carbons (Fsp3) is 0.509. The Labute approximate surface area is 446 Å². The number of nitrogens with zero attached hydrogens (tertiary/aromatic N) is 7. The van der Waals surface area contributed by atoms with Gasteiger partial charge in [-0.05, 0) is 66.5 Å². The number of carbonyl (C=O) groups is 5. The Morgan fingerprint density at radius 3 is 2.31 bits per heavy atom. The minimum Gasteiger partial charge on any atom is -0.391 e. The number of likely N-dealkylation sites (tertiary alicyclic amines) is 1. The molecule has 20 nitrogen and oxygen atoms in total. The maximum Gasteiger partial charge on any atom is 0.248 e. The van der Waals surface area contributed by atoms with Crippen molar-refractivity contribution in [2.45, 2.75) is 89.7 Å². The highest BCUT2D eigenvalue weighted by Gasteiger charge is 2.45. The van der Waals surface area contributed by atoms with Crippen LogP contribution in [0.1, 0.15) is 69.3 Å². The van der Waals surface area contributed by atoms with Gasteiger partial charge in [0, 0.05) is 76.5 Å². The number of H-pyrrole nitrogens is 1. The van der Waals surface area contributed by atoms with Gasteiger partial charge in [0.05, 0.1) is 52.4 Å². The average Bonchev–Trinajstić information content (AvgIpc) is 4.17. The summed E-state index contributed by atoms with van der Waals surface area (Å²) in [5.41, 5.74) is 11.4. The fourth-order valence-electron chi connectivity index (χ4n) is 9.82. The summed E-state index contributed by atoms with van der Waals surface area (Å²) in [6.45, 7) is 11.3. The zero-order valence-corrected chi connectivity index (χ0v) is 44.6. The number of ether oxygens (including phenoxy) is 2. The summed E-state index contributed by atoms with van der Waals surface area (Å²) >= 11 is 7.80. The van der Waals surface area contributed by atoms with Crippen LogP contribution in [0.5, 0.6) is 0 Å². The summed E-state index contributed by atoms with van der Waals surface area (Å²) in [6.07, 6.45) is 4.09. The smallest absolute Gasteiger partial charge is 0.248 e. The van der Waals surface area contributed by atoms with Gasteiger partial charge in [-0.1, -0.05) is 68.8 Å². The molecule has 0 spiro atoms. The third kappa shape index (κ3) is 14.1. The highest BCUT2D eigenvalue weighted by molar-refractivity contribution is 7.13. The van der Waals surface area contributed by atoms with Crippen LogP contribution in [0.15, 0.2) is 72.6 Å². The number of piperidine rings is 1. The van der Waals surface area contributed by atoms with Crippen LogP contribution in [-0.4, -0.2) is 172 Å². The second-order valence-electron chi connectivity index (χ2n) is 20.7. The number of benzene rings is 2. The van der Waals surface area contributed by atoms with E-state index in [0.29, 0.717) is 70.1 Å². The van der Waals surface area contributed by atoms with Gasteiger partial charge in [-0.25, -0.2) is 15.0 Å². The highest BCUT2D eigenvalue weighted by atomic mass is 35.5. The molecule has 0 saturated carbocycles. The first-order valence-electron chi connectivity index (χ1n) is 25.5. The Bertz CT molecular complexity index is 2750. The minimum atomic E-state index is -1.05. The molecule has 22 heteroatoms. The Morgan fingerprint density at radius 2 is 1.63 bits per heavy atom. The molecule has 3 aliphatic rings. The normalized spacial score (nSPS) is 18.9. The van der Waals surface area contributed by atoms with Crippen molar-refractivity contribution in [3.8, 4) is 10.4 Å². The molecule has 3 aliphatic heterocycles. The number of carbonyl (C=O) groups excluding carboxylic acids is 5. The summed E-state index contributed by atoms with van der Waals surface area (Å²) in [6, 6.07) is 15.0. The molecule has 7 N–H and O–H groups in total. The number of fused-ring (bicyclic) bond motifs is 1. The van der Waals surface area contributed by atoms with E-state index in [4.69, 9.17) is 26.8 Å². The summed E-state index contributed by atoms with van der Waals surface area (Å²) in [5.74, 6) is -0.930. The predicted octanol–water partition coefficient (Wildman–Crippen LogP) is 3.58. The van der Waals surface area contributed by atoms with Crippen molar-refractivity contribution in [2.24, 2.45) is 11.1 Å². The number of aryl methyl sites for hydroxylation is 1. The number of hydrogen-bond donors (Lipinski definition) is 6. The van der Waals surface area contributed by atoms with Crippen molar-refractivity contribution >= 4 is 69.3 Å². The first-order chi connectivity index (χ1) is 36.0. The van der Waals surface area contributed by atoms with Crippen molar-refractivity contribution in [2.75, 3.05) is 83.7 Å². The lowest BCUT2D eigenvalue weighted by Crippen LogP contribution is -2.60. The maximum atomic E-state index is 14.0.